The molecule has 0 spiro atoms. The molecule has 3 rings (SSSR count). The van der Waals surface area contributed by atoms with E-state index >= 15 is 0 Å². The van der Waals surface area contributed by atoms with Crippen molar-refractivity contribution in [2.75, 3.05) is 11.1 Å². The summed E-state index contributed by atoms with van der Waals surface area (Å²) < 4.78 is 1.13. The molecule has 4 N–H and O–H groups in total. The molecule has 5 heteroatoms. The number of nitrogens with one attached hydrogen (secondary N) is 2. The van der Waals surface area contributed by atoms with Crippen LogP contribution in [0.2, 0.25) is 0 Å². The van der Waals surface area contributed by atoms with Gasteiger partial charge in [0.1, 0.15) is 0 Å². The van der Waals surface area contributed by atoms with Crippen LogP contribution in [0.15, 0.2) is 48.7 Å². The highest BCUT2D eigenvalue weighted by atomic mass is 127. The van der Waals surface area contributed by atoms with Crippen molar-refractivity contribution in [2.24, 2.45) is 0 Å². The van der Waals surface area contributed by atoms with E-state index in [0.717, 1.165) is 20.2 Å². The van der Waals surface area contributed by atoms with Crippen molar-refractivity contribution in [1.82, 2.24) is 4.98 Å². The Kier molecular flexibility index (Phi) is 3.35. The maximum Gasteiger partial charge on any atom is 0.257 e. The van der Waals surface area contributed by atoms with E-state index in [4.69, 9.17) is 5.73 Å². The van der Waals surface area contributed by atoms with Gasteiger partial charge in [-0.25, -0.2) is 0 Å². The van der Waals surface area contributed by atoms with Crippen LogP contribution in [0.3, 0.4) is 0 Å². The third-order valence-corrected chi connectivity index (χ3v) is 3.77. The molecule has 3 aromatic rings. The molecule has 1 amide bonds. The van der Waals surface area contributed by atoms with Gasteiger partial charge in [0.15, 0.2) is 0 Å². The summed E-state index contributed by atoms with van der Waals surface area (Å²) in [6.45, 7) is 0. The van der Waals surface area contributed by atoms with Gasteiger partial charge in [-0.2, -0.15) is 0 Å². The highest BCUT2D eigenvalue weighted by molar-refractivity contribution is 14.1. The number of amides is 1. The number of anilines is 2. The summed E-state index contributed by atoms with van der Waals surface area (Å²) in [5, 5.41) is 3.75. The van der Waals surface area contributed by atoms with Crippen LogP contribution in [-0.2, 0) is 0 Å². The smallest absolute Gasteiger partial charge is 0.257 e. The number of nitrogen functional groups attached to an aromatic ring is 1. The van der Waals surface area contributed by atoms with Crippen LogP contribution in [0.1, 0.15) is 10.4 Å². The van der Waals surface area contributed by atoms with E-state index in [0.29, 0.717) is 11.3 Å². The fraction of sp³-hybridized carbons (Fsp3) is 0. The zero-order valence-corrected chi connectivity index (χ0v) is 12.6. The molecule has 0 bridgehead atoms. The van der Waals surface area contributed by atoms with E-state index in [1.54, 1.807) is 12.3 Å². The normalized spacial score (nSPS) is 10.7. The Morgan fingerprint density at radius 3 is 2.65 bits per heavy atom. The van der Waals surface area contributed by atoms with Crippen molar-refractivity contribution in [3.05, 3.63) is 57.8 Å². The van der Waals surface area contributed by atoms with Crippen molar-refractivity contribution in [3.63, 3.8) is 0 Å². The third kappa shape index (κ3) is 2.49. The van der Waals surface area contributed by atoms with Crippen molar-refractivity contribution in [3.8, 4) is 0 Å². The number of benzene rings is 2. The van der Waals surface area contributed by atoms with Gasteiger partial charge in [0.05, 0.1) is 5.56 Å². The second-order valence-corrected chi connectivity index (χ2v) is 5.71. The predicted octanol–water partition coefficient (Wildman–Crippen LogP) is 3.61. The molecule has 1 aromatic heterocycles. The first-order valence-corrected chi connectivity index (χ1v) is 7.15. The van der Waals surface area contributed by atoms with E-state index in [9.17, 15) is 4.79 Å². The molecule has 0 unspecified atom stereocenters. The minimum Gasteiger partial charge on any atom is -0.399 e. The summed E-state index contributed by atoms with van der Waals surface area (Å²) >= 11 is 2.23. The topological polar surface area (TPSA) is 70.9 Å². The number of carbonyl (C=O) groups excluding carboxylic acids is 1. The number of hydrogen-bond donors (Lipinski definition) is 3. The number of nitrogens with two attached hydrogens (primary N) is 1. The molecule has 4 nitrogen and oxygen atoms in total. The average Bonchev–Trinajstić information content (AvgIpc) is 2.84. The lowest BCUT2D eigenvalue weighted by atomic mass is 10.1. The molecular formula is C15H12IN3O. The fourth-order valence-corrected chi connectivity index (χ4v) is 2.42. The zero-order chi connectivity index (χ0) is 14.1. The van der Waals surface area contributed by atoms with Crippen molar-refractivity contribution in [1.29, 1.82) is 0 Å². The molecule has 0 saturated carbocycles. The van der Waals surface area contributed by atoms with Crippen LogP contribution in [0, 0.1) is 3.57 Å². The van der Waals surface area contributed by atoms with Crippen LogP contribution >= 0.6 is 22.6 Å². The van der Waals surface area contributed by atoms with Gasteiger partial charge in [-0.1, -0.05) is 0 Å². The molecule has 0 fully saturated rings. The standard InChI is InChI=1S/C15H12IN3O/c16-9-1-4-11(5-2-9)19-15(20)13-8-18-14-7-10(17)3-6-12(13)14/h1-8,18H,17H2,(H,19,20). The SMILES string of the molecule is Nc1ccc2c(C(=O)Nc3ccc(I)cc3)c[nH]c2c1. The first-order chi connectivity index (χ1) is 9.63. The van der Waals surface area contributed by atoms with Gasteiger partial charge in [0.25, 0.3) is 5.91 Å². The summed E-state index contributed by atoms with van der Waals surface area (Å²) in [6.07, 6.45) is 1.70. The van der Waals surface area contributed by atoms with Gasteiger partial charge in [0, 0.05) is 32.0 Å². The van der Waals surface area contributed by atoms with Gasteiger partial charge >= 0.3 is 0 Å². The lowest BCUT2D eigenvalue weighted by molar-refractivity contribution is 0.102. The van der Waals surface area contributed by atoms with Gasteiger partial charge < -0.3 is 16.0 Å². The molecule has 0 aliphatic rings. The maximum atomic E-state index is 12.3. The molecule has 2 aromatic carbocycles. The minimum absolute atomic E-state index is 0.137. The fourth-order valence-electron chi connectivity index (χ4n) is 2.06. The number of aromatic nitrogens is 1. The van der Waals surface area contributed by atoms with Gasteiger partial charge in [-0.15, -0.1) is 0 Å². The van der Waals surface area contributed by atoms with Crippen LogP contribution in [0.25, 0.3) is 10.9 Å². The first kappa shape index (κ1) is 13.0. The second-order valence-electron chi connectivity index (χ2n) is 4.47. The highest BCUT2D eigenvalue weighted by Crippen LogP contribution is 2.22. The quantitative estimate of drug-likeness (QED) is 0.472. The Morgan fingerprint density at radius 2 is 1.90 bits per heavy atom. The summed E-state index contributed by atoms with van der Waals surface area (Å²) in [5.41, 5.74) is 8.64. The molecule has 0 radical (unpaired) electrons. The van der Waals surface area contributed by atoms with Gasteiger partial charge in [-0.05, 0) is 65.1 Å². The molecule has 0 aliphatic heterocycles. The number of H-pyrrole nitrogens is 1. The van der Waals surface area contributed by atoms with Crippen LogP contribution in [0.4, 0.5) is 11.4 Å². The largest absolute Gasteiger partial charge is 0.399 e. The zero-order valence-electron chi connectivity index (χ0n) is 10.5. The van der Waals surface area contributed by atoms with E-state index < -0.39 is 0 Å². The molecule has 0 atom stereocenters. The van der Waals surface area contributed by atoms with E-state index in [2.05, 4.69) is 32.9 Å². The first-order valence-electron chi connectivity index (χ1n) is 6.07. The number of rotatable bonds is 2. The summed E-state index contributed by atoms with van der Waals surface area (Å²) in [4.78, 5) is 15.4. The third-order valence-electron chi connectivity index (χ3n) is 3.05. The number of hydrogen-bond acceptors (Lipinski definition) is 2. The molecule has 0 aliphatic carbocycles. The Hall–Kier alpha value is -2.02. The maximum absolute atomic E-state index is 12.3. The Balaban J connectivity index is 1.91. The number of halogens is 1. The van der Waals surface area contributed by atoms with E-state index in [1.165, 1.54) is 0 Å². The van der Waals surface area contributed by atoms with E-state index in [-0.39, 0.29) is 5.91 Å². The molecule has 0 saturated heterocycles. The second kappa shape index (κ2) is 5.16. The van der Waals surface area contributed by atoms with Crippen molar-refractivity contribution < 1.29 is 4.79 Å². The summed E-state index contributed by atoms with van der Waals surface area (Å²) in [5.74, 6) is -0.137. The summed E-state index contributed by atoms with van der Waals surface area (Å²) in [6, 6.07) is 13.1. The minimum atomic E-state index is -0.137. The average molecular weight is 377 g/mol. The molecule has 100 valence electrons. The van der Waals surface area contributed by atoms with E-state index in [1.807, 2.05) is 36.4 Å². The Bertz CT molecular complexity index is 777. The lowest BCUT2D eigenvalue weighted by Gasteiger charge is -2.04. The lowest BCUT2D eigenvalue weighted by Crippen LogP contribution is -2.11. The Morgan fingerprint density at radius 1 is 1.15 bits per heavy atom. The number of fused-ring (bicyclic) bond motifs is 1. The number of aromatic amines is 1. The van der Waals surface area contributed by atoms with Crippen molar-refractivity contribution in [2.45, 2.75) is 0 Å². The molecule has 20 heavy (non-hydrogen) atoms. The van der Waals surface area contributed by atoms with Gasteiger partial charge in [0.2, 0.25) is 0 Å². The number of carbonyl (C=O) groups is 1. The molecule has 1 heterocycles. The van der Waals surface area contributed by atoms with Crippen LogP contribution in [-0.4, -0.2) is 10.9 Å². The monoisotopic (exact) mass is 377 g/mol. The Labute approximate surface area is 129 Å². The molecular weight excluding hydrogens is 365 g/mol. The summed E-state index contributed by atoms with van der Waals surface area (Å²) in [7, 11) is 0. The van der Waals surface area contributed by atoms with Crippen LogP contribution < -0.4 is 11.1 Å². The van der Waals surface area contributed by atoms with Crippen LogP contribution in [0.5, 0.6) is 0 Å². The highest BCUT2D eigenvalue weighted by Gasteiger charge is 2.12. The van der Waals surface area contributed by atoms with Gasteiger partial charge in [-0.3, -0.25) is 4.79 Å². The van der Waals surface area contributed by atoms with Crippen molar-refractivity contribution >= 4 is 50.8 Å². The predicted molar refractivity (Wildman–Crippen MR) is 89.8 cm³/mol.